The van der Waals surface area contributed by atoms with Crippen LogP contribution in [-0.2, 0) is 19.6 Å². The lowest BCUT2D eigenvalue weighted by molar-refractivity contribution is -0.136. The van der Waals surface area contributed by atoms with E-state index in [2.05, 4.69) is 10.6 Å². The molecule has 2 aromatic carbocycles. The molecule has 3 rings (SSSR count). The number of piperidine rings is 1. The Bertz CT molecular complexity index is 998. The van der Waals surface area contributed by atoms with Gasteiger partial charge in [-0.3, -0.25) is 9.59 Å². The van der Waals surface area contributed by atoms with Crippen molar-refractivity contribution in [2.75, 3.05) is 18.4 Å². The molecule has 0 saturated carbocycles. The summed E-state index contributed by atoms with van der Waals surface area (Å²) >= 11 is 0. The van der Waals surface area contributed by atoms with Crippen molar-refractivity contribution in [3.8, 4) is 0 Å². The third-order valence-electron chi connectivity index (χ3n) is 4.97. The number of nitrogens with one attached hydrogen (secondary N) is 2. The molecule has 30 heavy (non-hydrogen) atoms. The molecule has 160 valence electrons. The standard InChI is InChI=1S/C21H24FN3O4S/c22-16-7-6-8-17(15-16)24-21(27)20(26)23-13-12-18-9-4-5-14-25(18)30(28,29)19-10-2-1-3-11-19/h1-3,6-8,10-11,15,18H,4-5,9,12-14H2,(H,23,26)(H,24,27). The zero-order valence-corrected chi connectivity index (χ0v) is 17.2. The monoisotopic (exact) mass is 433 g/mol. The minimum atomic E-state index is -3.62. The van der Waals surface area contributed by atoms with Crippen molar-refractivity contribution in [1.29, 1.82) is 0 Å². The topological polar surface area (TPSA) is 95.6 Å². The van der Waals surface area contributed by atoms with Gasteiger partial charge in [0.05, 0.1) is 4.90 Å². The number of hydrogen-bond acceptors (Lipinski definition) is 4. The van der Waals surface area contributed by atoms with Crippen LogP contribution in [0.2, 0.25) is 0 Å². The average Bonchev–Trinajstić information content (AvgIpc) is 2.74. The highest BCUT2D eigenvalue weighted by atomic mass is 32.2. The number of halogens is 1. The minimum Gasteiger partial charge on any atom is -0.348 e. The van der Waals surface area contributed by atoms with Crippen LogP contribution in [0.4, 0.5) is 10.1 Å². The normalized spacial score (nSPS) is 17.3. The van der Waals surface area contributed by atoms with E-state index in [0.29, 0.717) is 19.4 Å². The summed E-state index contributed by atoms with van der Waals surface area (Å²) < 4.78 is 40.6. The summed E-state index contributed by atoms with van der Waals surface area (Å²) in [6.45, 7) is 0.580. The van der Waals surface area contributed by atoms with E-state index in [-0.39, 0.29) is 23.2 Å². The van der Waals surface area contributed by atoms with Gasteiger partial charge in [0.2, 0.25) is 10.0 Å². The molecule has 1 aliphatic rings. The van der Waals surface area contributed by atoms with Crippen LogP contribution in [0.15, 0.2) is 59.5 Å². The quantitative estimate of drug-likeness (QED) is 0.685. The molecule has 0 bridgehead atoms. The second-order valence-electron chi connectivity index (χ2n) is 7.09. The highest BCUT2D eigenvalue weighted by molar-refractivity contribution is 7.89. The first-order valence-corrected chi connectivity index (χ1v) is 11.2. The molecule has 0 aliphatic carbocycles. The second kappa shape index (κ2) is 9.82. The number of sulfonamides is 1. The van der Waals surface area contributed by atoms with Gasteiger partial charge in [-0.25, -0.2) is 12.8 Å². The summed E-state index contributed by atoms with van der Waals surface area (Å²) in [5.74, 6) is -2.28. The van der Waals surface area contributed by atoms with Crippen LogP contribution in [0.3, 0.4) is 0 Å². The number of amides is 2. The highest BCUT2D eigenvalue weighted by Crippen LogP contribution is 2.26. The smallest absolute Gasteiger partial charge is 0.313 e. The van der Waals surface area contributed by atoms with Crippen molar-refractivity contribution in [2.24, 2.45) is 0 Å². The molecule has 0 aromatic heterocycles. The van der Waals surface area contributed by atoms with Crippen molar-refractivity contribution in [1.82, 2.24) is 9.62 Å². The molecule has 9 heteroatoms. The van der Waals surface area contributed by atoms with E-state index in [4.69, 9.17) is 0 Å². The van der Waals surface area contributed by atoms with Crippen molar-refractivity contribution < 1.29 is 22.4 Å². The average molecular weight is 434 g/mol. The van der Waals surface area contributed by atoms with E-state index in [1.807, 2.05) is 0 Å². The molecular formula is C21H24FN3O4S. The SMILES string of the molecule is O=C(NCCC1CCCCN1S(=O)(=O)c1ccccc1)C(=O)Nc1cccc(F)c1. The van der Waals surface area contributed by atoms with E-state index in [0.717, 1.165) is 18.9 Å². The molecule has 2 aromatic rings. The van der Waals surface area contributed by atoms with E-state index in [1.54, 1.807) is 30.3 Å². The summed E-state index contributed by atoms with van der Waals surface area (Å²) in [7, 11) is -3.62. The molecule has 1 heterocycles. The fourth-order valence-corrected chi connectivity index (χ4v) is 5.24. The van der Waals surface area contributed by atoms with Crippen molar-refractivity contribution in [2.45, 2.75) is 36.6 Å². The lowest BCUT2D eigenvalue weighted by atomic mass is 10.0. The highest BCUT2D eigenvalue weighted by Gasteiger charge is 2.33. The Morgan fingerprint density at radius 2 is 1.80 bits per heavy atom. The number of carbonyl (C=O) groups is 2. The molecule has 1 unspecified atom stereocenters. The van der Waals surface area contributed by atoms with Crippen LogP contribution >= 0.6 is 0 Å². The third kappa shape index (κ3) is 5.43. The first-order chi connectivity index (χ1) is 14.4. The molecule has 1 atom stereocenters. The summed E-state index contributed by atoms with van der Waals surface area (Å²) in [6, 6.07) is 13.3. The Kier molecular flexibility index (Phi) is 7.17. The van der Waals surface area contributed by atoms with Gasteiger partial charge < -0.3 is 10.6 Å². The maximum absolute atomic E-state index is 13.2. The molecule has 2 amide bonds. The number of carbonyl (C=O) groups excluding carboxylic acids is 2. The van der Waals surface area contributed by atoms with Crippen molar-refractivity contribution in [3.63, 3.8) is 0 Å². The molecule has 2 N–H and O–H groups in total. The fourth-order valence-electron chi connectivity index (χ4n) is 3.49. The molecule has 0 spiro atoms. The maximum Gasteiger partial charge on any atom is 0.313 e. The van der Waals surface area contributed by atoms with Crippen LogP contribution in [0.1, 0.15) is 25.7 Å². The number of benzene rings is 2. The zero-order valence-electron chi connectivity index (χ0n) is 16.4. The molecular weight excluding hydrogens is 409 g/mol. The van der Waals surface area contributed by atoms with Gasteiger partial charge in [0.25, 0.3) is 0 Å². The van der Waals surface area contributed by atoms with Crippen LogP contribution < -0.4 is 10.6 Å². The molecule has 0 radical (unpaired) electrons. The second-order valence-corrected chi connectivity index (χ2v) is 8.98. The van der Waals surface area contributed by atoms with Crippen molar-refractivity contribution >= 4 is 27.5 Å². The molecule has 1 fully saturated rings. The summed E-state index contributed by atoms with van der Waals surface area (Å²) in [6.07, 6.45) is 2.77. The third-order valence-corrected chi connectivity index (χ3v) is 6.94. The van der Waals surface area contributed by atoms with Gasteiger partial charge in [-0.1, -0.05) is 30.7 Å². The van der Waals surface area contributed by atoms with E-state index < -0.39 is 27.7 Å². The Labute approximate surface area is 175 Å². The zero-order chi connectivity index (χ0) is 21.6. The van der Waals surface area contributed by atoms with E-state index >= 15 is 0 Å². The van der Waals surface area contributed by atoms with Crippen LogP contribution in [-0.4, -0.2) is 43.7 Å². The fraction of sp³-hybridized carbons (Fsp3) is 0.333. The van der Waals surface area contributed by atoms with Gasteiger partial charge in [0.1, 0.15) is 5.82 Å². The Morgan fingerprint density at radius 3 is 2.53 bits per heavy atom. The van der Waals surface area contributed by atoms with Crippen LogP contribution in [0, 0.1) is 5.82 Å². The number of nitrogens with zero attached hydrogens (tertiary/aromatic N) is 1. The first-order valence-electron chi connectivity index (χ1n) is 9.79. The van der Waals surface area contributed by atoms with Gasteiger partial charge in [-0.15, -0.1) is 0 Å². The Morgan fingerprint density at radius 1 is 1.03 bits per heavy atom. The summed E-state index contributed by atoms with van der Waals surface area (Å²) in [4.78, 5) is 24.2. The maximum atomic E-state index is 13.2. The van der Waals surface area contributed by atoms with E-state index in [1.165, 1.54) is 22.5 Å². The molecule has 1 saturated heterocycles. The van der Waals surface area contributed by atoms with Crippen LogP contribution in [0.25, 0.3) is 0 Å². The van der Waals surface area contributed by atoms with E-state index in [9.17, 15) is 22.4 Å². The number of rotatable bonds is 6. The lowest BCUT2D eigenvalue weighted by Crippen LogP contribution is -2.45. The Hall–Kier alpha value is -2.78. The predicted octanol–water partition coefficient (Wildman–Crippen LogP) is 2.51. The first kappa shape index (κ1) is 21.9. The number of anilines is 1. The lowest BCUT2D eigenvalue weighted by Gasteiger charge is -2.34. The summed E-state index contributed by atoms with van der Waals surface area (Å²) in [5, 5.41) is 4.84. The molecule has 7 nitrogen and oxygen atoms in total. The van der Waals surface area contributed by atoms with Gasteiger partial charge in [0, 0.05) is 24.8 Å². The van der Waals surface area contributed by atoms with Gasteiger partial charge in [-0.2, -0.15) is 4.31 Å². The van der Waals surface area contributed by atoms with Gasteiger partial charge >= 0.3 is 11.8 Å². The van der Waals surface area contributed by atoms with Crippen LogP contribution in [0.5, 0.6) is 0 Å². The number of hydrogen-bond donors (Lipinski definition) is 2. The predicted molar refractivity (Wildman–Crippen MR) is 111 cm³/mol. The van der Waals surface area contributed by atoms with Gasteiger partial charge in [0.15, 0.2) is 0 Å². The van der Waals surface area contributed by atoms with Crippen molar-refractivity contribution in [3.05, 3.63) is 60.4 Å². The minimum absolute atomic E-state index is 0.154. The van der Waals surface area contributed by atoms with Gasteiger partial charge in [-0.05, 0) is 49.6 Å². The largest absolute Gasteiger partial charge is 0.348 e. The summed E-state index contributed by atoms with van der Waals surface area (Å²) in [5.41, 5.74) is 0.183. The Balaban J connectivity index is 1.56. The molecule has 1 aliphatic heterocycles.